The van der Waals surface area contributed by atoms with Gasteiger partial charge in [-0.1, -0.05) is 26.5 Å². The number of benzene rings is 1. The number of amides is 1. The zero-order chi connectivity index (χ0) is 30.6. The van der Waals surface area contributed by atoms with Gasteiger partial charge in [-0.25, -0.2) is 23.1 Å². The fourth-order valence-corrected chi connectivity index (χ4v) is 6.17. The number of aromatic nitrogens is 4. The molecule has 4 aromatic rings. The first-order valence-electron chi connectivity index (χ1n) is 14.4. The number of pyridine rings is 2. The first kappa shape index (κ1) is 28.4. The Hall–Kier alpha value is -4.67. The lowest BCUT2D eigenvalue weighted by molar-refractivity contribution is -0.126. The van der Waals surface area contributed by atoms with E-state index >= 15 is 8.78 Å². The Morgan fingerprint density at radius 3 is 2.67 bits per heavy atom. The van der Waals surface area contributed by atoms with Crippen LogP contribution in [0.1, 0.15) is 43.5 Å². The SMILES string of the molecule is C=CC(=O)N1CCN(c2nc(=O)n(-c3c(C)ccnc3C(C)C)c3nc(-c4c(F)ccc5c4NCC5)c(F)cc23)[C@@H](C)C1. The number of nitrogens with zero attached hydrogens (tertiary/aromatic N) is 6. The van der Waals surface area contributed by atoms with Crippen molar-refractivity contribution in [3.05, 3.63) is 82.1 Å². The van der Waals surface area contributed by atoms with Crippen LogP contribution in [0.15, 0.2) is 47.9 Å². The minimum Gasteiger partial charge on any atom is -0.384 e. The number of nitrogens with one attached hydrogen (secondary N) is 1. The molecule has 0 radical (unpaired) electrons. The number of rotatable bonds is 5. The summed E-state index contributed by atoms with van der Waals surface area (Å²) < 4.78 is 33.0. The molecule has 5 heterocycles. The van der Waals surface area contributed by atoms with Crippen LogP contribution < -0.4 is 15.9 Å². The third-order valence-corrected chi connectivity index (χ3v) is 8.29. The van der Waals surface area contributed by atoms with E-state index in [0.29, 0.717) is 55.1 Å². The second-order valence-corrected chi connectivity index (χ2v) is 11.4. The van der Waals surface area contributed by atoms with Gasteiger partial charge in [-0.3, -0.25) is 9.78 Å². The lowest BCUT2D eigenvalue weighted by Gasteiger charge is -2.40. The molecular weight excluding hydrogens is 552 g/mol. The summed E-state index contributed by atoms with van der Waals surface area (Å²) in [5.41, 5.74) is 2.69. The second-order valence-electron chi connectivity index (χ2n) is 11.4. The zero-order valence-electron chi connectivity index (χ0n) is 24.6. The monoisotopic (exact) mass is 585 g/mol. The Labute approximate surface area is 247 Å². The van der Waals surface area contributed by atoms with Crippen molar-refractivity contribution in [3.8, 4) is 16.9 Å². The topological polar surface area (TPSA) is 96.3 Å². The average Bonchev–Trinajstić information content (AvgIpc) is 3.46. The van der Waals surface area contributed by atoms with E-state index in [1.165, 1.54) is 22.8 Å². The maximum atomic E-state index is 16.2. The van der Waals surface area contributed by atoms with E-state index in [1.807, 2.05) is 32.6 Å². The minimum atomic E-state index is -0.734. The Bertz CT molecular complexity index is 1850. The summed E-state index contributed by atoms with van der Waals surface area (Å²) in [6.45, 7) is 13.0. The maximum absolute atomic E-state index is 16.2. The normalized spacial score (nSPS) is 16.5. The van der Waals surface area contributed by atoms with E-state index in [1.54, 1.807) is 23.2 Å². The standard InChI is InChI=1S/C32H33F2N7O2/c1-6-24(42)39-13-14-40(19(5)16-39)30-21-15-23(34)28(25-22(33)8-7-20-10-12-36-27(20)25)37-31(21)41(32(43)38-30)29-18(4)9-11-35-26(29)17(2)3/h6-9,11,15,17,19,36H,1,10,12-14,16H2,2-5H3/t19-/m0/s1. The number of anilines is 2. The molecule has 1 aromatic carbocycles. The average molecular weight is 586 g/mol. The van der Waals surface area contributed by atoms with E-state index in [2.05, 4.69) is 21.9 Å². The number of halogens is 2. The van der Waals surface area contributed by atoms with E-state index < -0.39 is 17.3 Å². The number of piperazine rings is 1. The van der Waals surface area contributed by atoms with Gasteiger partial charge in [0.15, 0.2) is 11.5 Å². The van der Waals surface area contributed by atoms with Crippen LogP contribution in [0.2, 0.25) is 0 Å². The molecule has 3 aromatic heterocycles. The Balaban J connectivity index is 1.65. The number of carbonyl (C=O) groups is 1. The molecule has 0 saturated carbocycles. The third kappa shape index (κ3) is 4.72. The predicted octanol–water partition coefficient (Wildman–Crippen LogP) is 4.74. The first-order chi connectivity index (χ1) is 20.6. The zero-order valence-corrected chi connectivity index (χ0v) is 24.6. The lowest BCUT2D eigenvalue weighted by Crippen LogP contribution is -2.54. The molecule has 0 bridgehead atoms. The van der Waals surface area contributed by atoms with Crippen LogP contribution in [-0.4, -0.2) is 62.5 Å². The van der Waals surface area contributed by atoms with Gasteiger partial charge in [-0.05, 0) is 61.6 Å². The van der Waals surface area contributed by atoms with Crippen molar-refractivity contribution >= 4 is 28.4 Å². The van der Waals surface area contributed by atoms with Crippen LogP contribution in [0.25, 0.3) is 28.0 Å². The summed E-state index contributed by atoms with van der Waals surface area (Å²) in [5.74, 6) is -1.32. The van der Waals surface area contributed by atoms with Crippen molar-refractivity contribution in [1.82, 2.24) is 24.4 Å². The molecule has 0 unspecified atom stereocenters. The van der Waals surface area contributed by atoms with Gasteiger partial charge in [-0.15, -0.1) is 0 Å². The second kappa shape index (κ2) is 10.9. The van der Waals surface area contributed by atoms with Crippen LogP contribution in [0, 0.1) is 18.6 Å². The molecule has 1 N–H and O–H groups in total. The van der Waals surface area contributed by atoms with Crippen molar-refractivity contribution in [2.75, 3.05) is 36.4 Å². The fourth-order valence-electron chi connectivity index (χ4n) is 6.17. The number of hydrogen-bond acceptors (Lipinski definition) is 7. The number of hydrogen-bond donors (Lipinski definition) is 1. The van der Waals surface area contributed by atoms with Crippen LogP contribution in [-0.2, 0) is 11.2 Å². The van der Waals surface area contributed by atoms with Crippen LogP contribution >= 0.6 is 0 Å². The molecule has 2 aliphatic heterocycles. The van der Waals surface area contributed by atoms with Crippen molar-refractivity contribution in [1.29, 1.82) is 0 Å². The Kier molecular flexibility index (Phi) is 7.19. The number of carbonyl (C=O) groups excluding carboxylic acids is 1. The Morgan fingerprint density at radius 1 is 1.16 bits per heavy atom. The molecule has 1 atom stereocenters. The highest BCUT2D eigenvalue weighted by atomic mass is 19.1. The van der Waals surface area contributed by atoms with Gasteiger partial charge in [0.2, 0.25) is 5.91 Å². The number of aryl methyl sites for hydroxylation is 1. The minimum absolute atomic E-state index is 0.0312. The first-order valence-corrected chi connectivity index (χ1v) is 14.4. The smallest absolute Gasteiger partial charge is 0.355 e. The van der Waals surface area contributed by atoms with Gasteiger partial charge >= 0.3 is 5.69 Å². The van der Waals surface area contributed by atoms with Gasteiger partial charge in [0.1, 0.15) is 17.3 Å². The van der Waals surface area contributed by atoms with E-state index in [-0.39, 0.29) is 40.6 Å². The molecule has 222 valence electrons. The highest BCUT2D eigenvalue weighted by Gasteiger charge is 2.31. The van der Waals surface area contributed by atoms with E-state index in [0.717, 1.165) is 11.1 Å². The molecule has 0 spiro atoms. The predicted molar refractivity (Wildman–Crippen MR) is 163 cm³/mol. The van der Waals surface area contributed by atoms with Gasteiger partial charge in [-0.2, -0.15) is 4.98 Å². The van der Waals surface area contributed by atoms with Gasteiger partial charge in [0.25, 0.3) is 0 Å². The summed E-state index contributed by atoms with van der Waals surface area (Å²) in [6.07, 6.45) is 3.64. The van der Waals surface area contributed by atoms with Crippen LogP contribution in [0.4, 0.5) is 20.3 Å². The molecule has 0 aliphatic carbocycles. The molecule has 1 saturated heterocycles. The van der Waals surface area contributed by atoms with Crippen LogP contribution in [0.3, 0.4) is 0 Å². The highest BCUT2D eigenvalue weighted by molar-refractivity contribution is 5.92. The van der Waals surface area contributed by atoms with Crippen molar-refractivity contribution in [2.45, 2.75) is 46.1 Å². The van der Waals surface area contributed by atoms with E-state index in [9.17, 15) is 9.59 Å². The molecule has 6 rings (SSSR count). The lowest BCUT2D eigenvalue weighted by atomic mass is 10.0. The van der Waals surface area contributed by atoms with Crippen molar-refractivity contribution in [3.63, 3.8) is 0 Å². The Morgan fingerprint density at radius 2 is 1.95 bits per heavy atom. The molecule has 1 amide bonds. The summed E-state index contributed by atoms with van der Waals surface area (Å²) >= 11 is 0. The molecule has 43 heavy (non-hydrogen) atoms. The quantitative estimate of drug-likeness (QED) is 0.338. The number of fused-ring (bicyclic) bond motifs is 2. The molecule has 2 aliphatic rings. The molecule has 9 nitrogen and oxygen atoms in total. The van der Waals surface area contributed by atoms with Crippen molar-refractivity contribution < 1.29 is 13.6 Å². The molecule has 1 fully saturated rings. The summed E-state index contributed by atoms with van der Waals surface area (Å²) in [5, 5.41) is 3.48. The summed E-state index contributed by atoms with van der Waals surface area (Å²) in [6, 6.07) is 5.86. The molecule has 11 heteroatoms. The van der Waals surface area contributed by atoms with Gasteiger partial charge < -0.3 is 15.1 Å². The van der Waals surface area contributed by atoms with Gasteiger partial charge in [0, 0.05) is 44.1 Å². The van der Waals surface area contributed by atoms with Crippen LogP contribution in [0.5, 0.6) is 0 Å². The maximum Gasteiger partial charge on any atom is 0.355 e. The third-order valence-electron chi connectivity index (χ3n) is 8.29. The highest BCUT2D eigenvalue weighted by Crippen LogP contribution is 2.39. The van der Waals surface area contributed by atoms with Gasteiger partial charge in [0.05, 0.1) is 22.3 Å². The molecular formula is C32H33F2N7O2. The van der Waals surface area contributed by atoms with E-state index in [4.69, 9.17) is 4.98 Å². The summed E-state index contributed by atoms with van der Waals surface area (Å²) in [7, 11) is 0. The fraction of sp³-hybridized carbons (Fsp3) is 0.344. The largest absolute Gasteiger partial charge is 0.384 e. The summed E-state index contributed by atoms with van der Waals surface area (Å²) in [4.78, 5) is 43.7. The van der Waals surface area contributed by atoms with Crippen molar-refractivity contribution in [2.24, 2.45) is 0 Å².